The van der Waals surface area contributed by atoms with E-state index in [0.717, 1.165) is 12.1 Å². The van der Waals surface area contributed by atoms with E-state index in [1.165, 1.54) is 6.07 Å². The molecule has 0 saturated carbocycles. The van der Waals surface area contributed by atoms with Crippen LogP contribution < -0.4 is 10.5 Å². The van der Waals surface area contributed by atoms with Crippen LogP contribution in [-0.2, 0) is 6.61 Å². The van der Waals surface area contributed by atoms with E-state index in [9.17, 15) is 8.78 Å². The number of aromatic nitrogens is 2. The van der Waals surface area contributed by atoms with E-state index in [0.29, 0.717) is 11.5 Å². The summed E-state index contributed by atoms with van der Waals surface area (Å²) in [6, 6.07) is 4.68. The van der Waals surface area contributed by atoms with Crippen molar-refractivity contribution in [3.8, 4) is 5.75 Å². The third kappa shape index (κ3) is 2.28. The minimum absolute atomic E-state index is 0.0189. The molecule has 0 bridgehead atoms. The first-order valence-corrected chi connectivity index (χ1v) is 4.53. The van der Waals surface area contributed by atoms with E-state index in [1.807, 2.05) is 0 Å². The number of halogens is 2. The average Bonchev–Trinajstić information content (AvgIpc) is 2.63. The van der Waals surface area contributed by atoms with Crippen molar-refractivity contribution >= 4 is 5.82 Å². The molecular formula is C10H9F2N3O. The summed E-state index contributed by atoms with van der Waals surface area (Å²) in [5.74, 6) is -1.07. The Morgan fingerprint density at radius 3 is 2.75 bits per heavy atom. The van der Waals surface area contributed by atoms with Crippen LogP contribution in [0.2, 0.25) is 0 Å². The first kappa shape index (κ1) is 10.4. The number of nitrogens with zero attached hydrogens (tertiary/aromatic N) is 1. The Labute approximate surface area is 90.0 Å². The van der Waals surface area contributed by atoms with E-state index in [4.69, 9.17) is 10.5 Å². The molecule has 1 aromatic carbocycles. The van der Waals surface area contributed by atoms with Gasteiger partial charge < -0.3 is 10.5 Å². The highest BCUT2D eigenvalue weighted by atomic mass is 19.1. The number of rotatable bonds is 3. The quantitative estimate of drug-likeness (QED) is 0.837. The van der Waals surface area contributed by atoms with E-state index in [2.05, 4.69) is 10.2 Å². The number of benzene rings is 1. The number of aromatic amines is 1. The van der Waals surface area contributed by atoms with Crippen molar-refractivity contribution in [1.29, 1.82) is 0 Å². The maximum atomic E-state index is 13.1. The first-order valence-electron chi connectivity index (χ1n) is 4.53. The lowest BCUT2D eigenvalue weighted by molar-refractivity contribution is 0.285. The molecule has 0 atom stereocenters. The second kappa shape index (κ2) is 4.18. The number of ether oxygens (including phenoxy) is 1. The number of nitrogens with one attached hydrogen (secondary N) is 1. The molecule has 1 heterocycles. The van der Waals surface area contributed by atoms with Gasteiger partial charge in [0.1, 0.15) is 18.2 Å². The Morgan fingerprint density at radius 2 is 2.12 bits per heavy atom. The summed E-state index contributed by atoms with van der Waals surface area (Å²) < 4.78 is 30.9. The molecule has 0 radical (unpaired) electrons. The molecule has 16 heavy (non-hydrogen) atoms. The van der Waals surface area contributed by atoms with Gasteiger partial charge in [-0.3, -0.25) is 5.10 Å². The van der Waals surface area contributed by atoms with Crippen LogP contribution in [0.15, 0.2) is 24.3 Å². The SMILES string of the molecule is Nc1cc(COc2ccc(F)cc2F)[nH]n1. The van der Waals surface area contributed by atoms with E-state index in [1.54, 1.807) is 6.07 Å². The van der Waals surface area contributed by atoms with Crippen LogP contribution in [0.5, 0.6) is 5.75 Å². The van der Waals surface area contributed by atoms with E-state index < -0.39 is 11.6 Å². The highest BCUT2D eigenvalue weighted by Gasteiger charge is 2.05. The molecule has 1 aromatic heterocycles. The topological polar surface area (TPSA) is 63.9 Å². The Bertz CT molecular complexity index is 499. The fourth-order valence-electron chi connectivity index (χ4n) is 1.20. The Hall–Kier alpha value is -2.11. The van der Waals surface area contributed by atoms with Crippen LogP contribution in [0.3, 0.4) is 0 Å². The average molecular weight is 225 g/mol. The maximum Gasteiger partial charge on any atom is 0.167 e. The third-order valence-corrected chi connectivity index (χ3v) is 1.93. The van der Waals surface area contributed by atoms with Crippen molar-refractivity contribution in [2.24, 2.45) is 0 Å². The van der Waals surface area contributed by atoms with Gasteiger partial charge in [0, 0.05) is 12.1 Å². The van der Waals surface area contributed by atoms with Crippen molar-refractivity contribution in [3.05, 3.63) is 41.6 Å². The molecule has 0 aliphatic carbocycles. The van der Waals surface area contributed by atoms with E-state index >= 15 is 0 Å². The van der Waals surface area contributed by atoms with Crippen molar-refractivity contribution in [3.63, 3.8) is 0 Å². The van der Waals surface area contributed by atoms with Crippen molar-refractivity contribution in [2.75, 3.05) is 5.73 Å². The van der Waals surface area contributed by atoms with Gasteiger partial charge >= 0.3 is 0 Å². The van der Waals surface area contributed by atoms with Crippen LogP contribution in [0.4, 0.5) is 14.6 Å². The number of H-pyrrole nitrogens is 1. The summed E-state index contributed by atoms with van der Waals surface area (Å²) in [6.07, 6.45) is 0. The fourth-order valence-corrected chi connectivity index (χ4v) is 1.20. The first-order chi connectivity index (χ1) is 7.65. The standard InChI is InChI=1S/C10H9F2N3O/c11-6-1-2-9(8(12)3-6)16-5-7-4-10(13)15-14-7/h1-4H,5H2,(H3,13,14,15). The molecule has 84 valence electrons. The van der Waals surface area contributed by atoms with Crippen LogP contribution in [0.1, 0.15) is 5.69 Å². The summed E-state index contributed by atoms with van der Waals surface area (Å²) in [6.45, 7) is 0.0900. The molecule has 0 spiro atoms. The number of hydrogen-bond acceptors (Lipinski definition) is 3. The zero-order chi connectivity index (χ0) is 11.5. The highest BCUT2D eigenvalue weighted by molar-refractivity contribution is 5.29. The lowest BCUT2D eigenvalue weighted by atomic mass is 10.3. The Morgan fingerprint density at radius 1 is 1.31 bits per heavy atom. The lowest BCUT2D eigenvalue weighted by Gasteiger charge is -2.05. The molecule has 0 unspecified atom stereocenters. The van der Waals surface area contributed by atoms with Gasteiger partial charge in [-0.25, -0.2) is 8.78 Å². The van der Waals surface area contributed by atoms with Gasteiger partial charge in [-0.1, -0.05) is 0 Å². The van der Waals surface area contributed by atoms with Gasteiger partial charge in [0.25, 0.3) is 0 Å². The van der Waals surface area contributed by atoms with E-state index in [-0.39, 0.29) is 12.4 Å². The highest BCUT2D eigenvalue weighted by Crippen LogP contribution is 2.18. The molecule has 4 nitrogen and oxygen atoms in total. The summed E-state index contributed by atoms with van der Waals surface area (Å²) >= 11 is 0. The predicted molar refractivity (Wildman–Crippen MR) is 53.7 cm³/mol. The van der Waals surface area contributed by atoms with Crippen LogP contribution >= 0.6 is 0 Å². The number of nitrogens with two attached hydrogens (primary N) is 1. The largest absolute Gasteiger partial charge is 0.484 e. The third-order valence-electron chi connectivity index (χ3n) is 1.93. The van der Waals surface area contributed by atoms with Gasteiger partial charge in [-0.2, -0.15) is 5.10 Å². The second-order valence-electron chi connectivity index (χ2n) is 3.18. The van der Waals surface area contributed by atoms with Gasteiger partial charge in [0.15, 0.2) is 11.6 Å². The zero-order valence-corrected chi connectivity index (χ0v) is 8.21. The second-order valence-corrected chi connectivity index (χ2v) is 3.18. The van der Waals surface area contributed by atoms with Crippen LogP contribution in [0, 0.1) is 11.6 Å². The number of nitrogen functional groups attached to an aromatic ring is 1. The zero-order valence-electron chi connectivity index (χ0n) is 8.21. The summed E-state index contributed by atoms with van der Waals surface area (Å²) in [5, 5.41) is 6.29. The van der Waals surface area contributed by atoms with Gasteiger partial charge in [-0.05, 0) is 12.1 Å². The summed E-state index contributed by atoms with van der Waals surface area (Å²) in [5.41, 5.74) is 5.99. The van der Waals surface area contributed by atoms with Gasteiger partial charge in [-0.15, -0.1) is 0 Å². The lowest BCUT2D eigenvalue weighted by Crippen LogP contribution is -1.98. The number of anilines is 1. The molecular weight excluding hydrogens is 216 g/mol. The molecule has 0 saturated heterocycles. The molecule has 3 N–H and O–H groups in total. The van der Waals surface area contributed by atoms with Crippen molar-refractivity contribution in [2.45, 2.75) is 6.61 Å². The summed E-state index contributed by atoms with van der Waals surface area (Å²) in [4.78, 5) is 0. The fraction of sp³-hybridized carbons (Fsp3) is 0.100. The molecule has 0 amide bonds. The normalized spacial score (nSPS) is 10.4. The number of hydrogen-bond donors (Lipinski definition) is 2. The minimum atomic E-state index is -0.743. The van der Waals surface area contributed by atoms with Crippen LogP contribution in [-0.4, -0.2) is 10.2 Å². The van der Waals surface area contributed by atoms with Crippen molar-refractivity contribution < 1.29 is 13.5 Å². The smallest absolute Gasteiger partial charge is 0.167 e. The summed E-state index contributed by atoms with van der Waals surface area (Å²) in [7, 11) is 0. The molecule has 0 aliphatic heterocycles. The van der Waals surface area contributed by atoms with Crippen molar-refractivity contribution in [1.82, 2.24) is 10.2 Å². The molecule has 2 rings (SSSR count). The Balaban J connectivity index is 2.04. The van der Waals surface area contributed by atoms with Crippen LogP contribution in [0.25, 0.3) is 0 Å². The molecule has 0 aliphatic rings. The van der Waals surface area contributed by atoms with Gasteiger partial charge in [0.05, 0.1) is 5.69 Å². The predicted octanol–water partition coefficient (Wildman–Crippen LogP) is 1.85. The Kier molecular flexibility index (Phi) is 2.72. The molecule has 2 aromatic rings. The monoisotopic (exact) mass is 225 g/mol. The van der Waals surface area contributed by atoms with Gasteiger partial charge in [0.2, 0.25) is 0 Å². The maximum absolute atomic E-state index is 13.1. The molecule has 0 fully saturated rings. The molecule has 6 heteroatoms. The minimum Gasteiger partial charge on any atom is -0.484 e.